The fourth-order valence-electron chi connectivity index (χ4n) is 3.57. The van der Waals surface area contributed by atoms with Crippen LogP contribution in [-0.4, -0.2) is 28.9 Å². The van der Waals surface area contributed by atoms with Crippen LogP contribution in [0.4, 0.5) is 0 Å². The summed E-state index contributed by atoms with van der Waals surface area (Å²) in [7, 11) is 0. The maximum Gasteiger partial charge on any atom is 0.245 e. The van der Waals surface area contributed by atoms with E-state index in [1.54, 1.807) is 13.8 Å². The summed E-state index contributed by atoms with van der Waals surface area (Å²) < 4.78 is 0. The summed E-state index contributed by atoms with van der Waals surface area (Å²) in [6.45, 7) is 4.22. The van der Waals surface area contributed by atoms with Gasteiger partial charge in [0, 0.05) is 23.6 Å². The summed E-state index contributed by atoms with van der Waals surface area (Å²) in [5.74, 6) is 0.319. The first kappa shape index (κ1) is 17.5. The Hall–Kier alpha value is -2.30. The van der Waals surface area contributed by atoms with Gasteiger partial charge in [0.25, 0.3) is 0 Å². The molecule has 1 aromatic carbocycles. The zero-order valence-electron chi connectivity index (χ0n) is 15.0. The maximum absolute atomic E-state index is 12.4. The third kappa shape index (κ3) is 4.21. The lowest BCUT2D eigenvalue weighted by molar-refractivity contribution is -0.132. The molecule has 1 aliphatic rings. The minimum atomic E-state index is -0.915. The molecule has 5 heteroatoms. The molecule has 1 aromatic heterocycles. The van der Waals surface area contributed by atoms with Crippen LogP contribution in [0.3, 0.4) is 0 Å². The van der Waals surface area contributed by atoms with Crippen molar-refractivity contribution in [1.82, 2.24) is 15.6 Å². The molecule has 0 bridgehead atoms. The van der Waals surface area contributed by atoms with Gasteiger partial charge in [-0.1, -0.05) is 31.0 Å². The predicted molar refractivity (Wildman–Crippen MR) is 99.2 cm³/mol. The number of carbonyl (C=O) groups excluding carboxylic acids is 2. The largest absolute Gasteiger partial charge is 0.361 e. The van der Waals surface area contributed by atoms with Crippen molar-refractivity contribution in [3.63, 3.8) is 0 Å². The number of benzene rings is 1. The zero-order chi connectivity index (χ0) is 17.9. The lowest BCUT2D eigenvalue weighted by atomic mass is 10.0. The Bertz CT molecular complexity index is 757. The molecule has 0 radical (unpaired) electrons. The molecule has 3 N–H and O–H groups in total. The highest BCUT2D eigenvalue weighted by molar-refractivity contribution is 5.93. The van der Waals surface area contributed by atoms with Gasteiger partial charge in [0.1, 0.15) is 5.54 Å². The molecule has 134 valence electrons. The van der Waals surface area contributed by atoms with Gasteiger partial charge in [-0.2, -0.15) is 0 Å². The zero-order valence-corrected chi connectivity index (χ0v) is 15.0. The molecule has 3 rings (SSSR count). The van der Waals surface area contributed by atoms with E-state index in [9.17, 15) is 9.59 Å². The number of carbonyl (C=O) groups is 2. The number of amides is 2. The molecule has 1 aliphatic carbocycles. The molecule has 0 atom stereocenters. The summed E-state index contributed by atoms with van der Waals surface area (Å²) in [5, 5.41) is 6.91. The van der Waals surface area contributed by atoms with Crippen molar-refractivity contribution < 1.29 is 9.59 Å². The number of aromatic nitrogens is 1. The van der Waals surface area contributed by atoms with Crippen LogP contribution in [-0.2, 0) is 16.0 Å². The third-order valence-corrected chi connectivity index (χ3v) is 5.07. The predicted octanol–water partition coefficient (Wildman–Crippen LogP) is 2.91. The topological polar surface area (TPSA) is 74.0 Å². The summed E-state index contributed by atoms with van der Waals surface area (Å²) >= 11 is 0. The van der Waals surface area contributed by atoms with E-state index in [4.69, 9.17) is 0 Å². The first-order valence-electron chi connectivity index (χ1n) is 9.10. The molecule has 2 aromatic rings. The number of para-hydroxylation sites is 1. The number of hydrogen-bond donors (Lipinski definition) is 3. The number of nitrogens with one attached hydrogen (secondary N) is 3. The van der Waals surface area contributed by atoms with Gasteiger partial charge in [-0.15, -0.1) is 0 Å². The van der Waals surface area contributed by atoms with Crippen molar-refractivity contribution in [3.8, 4) is 0 Å². The average Bonchev–Trinajstić information content (AvgIpc) is 3.22. The Morgan fingerprint density at radius 2 is 1.92 bits per heavy atom. The lowest BCUT2D eigenvalue weighted by Gasteiger charge is -2.26. The van der Waals surface area contributed by atoms with E-state index in [1.165, 1.54) is 25.7 Å². The second kappa shape index (κ2) is 7.30. The summed E-state index contributed by atoms with van der Waals surface area (Å²) in [5.41, 5.74) is 1.04. The van der Waals surface area contributed by atoms with Gasteiger partial charge in [0.2, 0.25) is 11.8 Å². The Balaban J connectivity index is 1.55. The van der Waals surface area contributed by atoms with Crippen molar-refractivity contribution in [2.75, 3.05) is 6.54 Å². The Labute approximate surface area is 148 Å². The Kier molecular flexibility index (Phi) is 5.11. The van der Waals surface area contributed by atoms with Crippen LogP contribution in [0.5, 0.6) is 0 Å². The lowest BCUT2D eigenvalue weighted by Crippen LogP contribution is -2.55. The first-order chi connectivity index (χ1) is 12.0. The van der Waals surface area contributed by atoms with Crippen molar-refractivity contribution in [2.24, 2.45) is 5.92 Å². The highest BCUT2D eigenvalue weighted by atomic mass is 16.2. The molecular weight excluding hydrogens is 314 g/mol. The number of rotatable bonds is 6. The first-order valence-corrected chi connectivity index (χ1v) is 9.10. The molecule has 0 spiro atoms. The van der Waals surface area contributed by atoms with E-state index in [2.05, 4.69) is 15.6 Å². The quantitative estimate of drug-likeness (QED) is 0.756. The maximum atomic E-state index is 12.4. The van der Waals surface area contributed by atoms with Gasteiger partial charge in [-0.05, 0) is 44.2 Å². The van der Waals surface area contributed by atoms with Crippen molar-refractivity contribution in [1.29, 1.82) is 0 Å². The van der Waals surface area contributed by atoms with Gasteiger partial charge in [-0.25, -0.2) is 0 Å². The molecule has 1 heterocycles. The van der Waals surface area contributed by atoms with E-state index in [-0.39, 0.29) is 18.2 Å². The molecule has 2 amide bonds. The van der Waals surface area contributed by atoms with Crippen LogP contribution in [0.2, 0.25) is 0 Å². The van der Waals surface area contributed by atoms with E-state index < -0.39 is 5.54 Å². The summed E-state index contributed by atoms with van der Waals surface area (Å²) in [4.78, 5) is 28.0. The van der Waals surface area contributed by atoms with Gasteiger partial charge in [-0.3, -0.25) is 9.59 Å². The number of hydrogen-bond acceptors (Lipinski definition) is 2. The number of aromatic amines is 1. The van der Waals surface area contributed by atoms with Crippen molar-refractivity contribution >= 4 is 22.7 Å². The van der Waals surface area contributed by atoms with E-state index in [0.29, 0.717) is 12.5 Å². The van der Waals surface area contributed by atoms with E-state index >= 15 is 0 Å². The third-order valence-electron chi connectivity index (χ3n) is 5.07. The van der Waals surface area contributed by atoms with Gasteiger partial charge in [0.15, 0.2) is 0 Å². The summed E-state index contributed by atoms with van der Waals surface area (Å²) in [6, 6.07) is 7.89. The fourth-order valence-corrected chi connectivity index (χ4v) is 3.57. The number of H-pyrrole nitrogens is 1. The molecule has 0 saturated heterocycles. The molecule has 0 aliphatic heterocycles. The fraction of sp³-hybridized carbons (Fsp3) is 0.500. The Morgan fingerprint density at radius 3 is 2.68 bits per heavy atom. The average molecular weight is 341 g/mol. The highest BCUT2D eigenvalue weighted by Crippen LogP contribution is 2.24. The minimum absolute atomic E-state index is 0.119. The van der Waals surface area contributed by atoms with E-state index in [1.807, 2.05) is 30.5 Å². The van der Waals surface area contributed by atoms with Crippen LogP contribution < -0.4 is 10.6 Å². The number of fused-ring (bicyclic) bond motifs is 1. The van der Waals surface area contributed by atoms with Gasteiger partial charge < -0.3 is 15.6 Å². The van der Waals surface area contributed by atoms with Crippen LogP contribution in [0.25, 0.3) is 10.9 Å². The van der Waals surface area contributed by atoms with Crippen LogP contribution in [0, 0.1) is 5.92 Å². The van der Waals surface area contributed by atoms with Crippen LogP contribution in [0.1, 0.15) is 45.1 Å². The van der Waals surface area contributed by atoms with Crippen molar-refractivity contribution in [3.05, 3.63) is 36.0 Å². The smallest absolute Gasteiger partial charge is 0.245 e. The molecule has 1 fully saturated rings. The standard InChI is InChI=1S/C20H27N3O2/c1-20(2,19(25)22-12-14-7-3-4-8-14)23-18(24)11-15-13-21-17-10-6-5-9-16(15)17/h5-6,9-10,13-14,21H,3-4,7-8,11-12H2,1-2H3,(H,22,25)(H,23,24). The summed E-state index contributed by atoms with van der Waals surface area (Å²) in [6.07, 6.45) is 7.00. The second-order valence-electron chi connectivity index (χ2n) is 7.57. The molecule has 25 heavy (non-hydrogen) atoms. The SMILES string of the molecule is CC(C)(NC(=O)Cc1c[nH]c2ccccc12)C(=O)NCC1CCCC1. The van der Waals surface area contributed by atoms with Crippen LogP contribution >= 0.6 is 0 Å². The molecule has 1 saturated carbocycles. The normalized spacial score (nSPS) is 15.4. The van der Waals surface area contributed by atoms with Gasteiger partial charge in [0.05, 0.1) is 6.42 Å². The Morgan fingerprint density at radius 1 is 1.20 bits per heavy atom. The molecule has 5 nitrogen and oxygen atoms in total. The highest BCUT2D eigenvalue weighted by Gasteiger charge is 2.30. The van der Waals surface area contributed by atoms with E-state index in [0.717, 1.165) is 16.5 Å². The molecular formula is C20H27N3O2. The second-order valence-corrected chi connectivity index (χ2v) is 7.57. The minimum Gasteiger partial charge on any atom is -0.361 e. The van der Waals surface area contributed by atoms with Crippen LogP contribution in [0.15, 0.2) is 30.5 Å². The monoisotopic (exact) mass is 341 g/mol. The van der Waals surface area contributed by atoms with Crippen molar-refractivity contribution in [2.45, 2.75) is 51.5 Å². The van der Waals surface area contributed by atoms with Gasteiger partial charge >= 0.3 is 0 Å². The molecule has 0 unspecified atom stereocenters.